The van der Waals surface area contributed by atoms with Crippen LogP contribution in [0.25, 0.3) is 0 Å². The number of carbonyl (C=O) groups excluding carboxylic acids is 1. The second-order valence-corrected chi connectivity index (χ2v) is 5.66. The van der Waals surface area contributed by atoms with E-state index >= 15 is 0 Å². The van der Waals surface area contributed by atoms with E-state index in [1.54, 1.807) is 13.7 Å². The van der Waals surface area contributed by atoms with E-state index in [4.69, 9.17) is 24.0 Å². The summed E-state index contributed by atoms with van der Waals surface area (Å²) >= 11 is 0. The van der Waals surface area contributed by atoms with E-state index in [1.807, 2.05) is 0 Å². The van der Waals surface area contributed by atoms with Gasteiger partial charge in [-0.15, -0.1) is 11.8 Å². The van der Waals surface area contributed by atoms with Crippen molar-refractivity contribution in [2.24, 2.45) is 0 Å². The number of hydrogen-bond donors (Lipinski definition) is 1. The zero-order valence-electron chi connectivity index (χ0n) is 15.8. The van der Waals surface area contributed by atoms with Crippen LogP contribution < -0.4 is 0 Å². The summed E-state index contributed by atoms with van der Waals surface area (Å²) in [6.07, 6.45) is 3.19. The Bertz CT molecular complexity index is 364. The minimum Gasteiger partial charge on any atom is -0.451 e. The van der Waals surface area contributed by atoms with Gasteiger partial charge in [-0.2, -0.15) is 0 Å². The maximum atomic E-state index is 11.4. The summed E-state index contributed by atoms with van der Waals surface area (Å²) in [7, 11) is 0. The first-order valence-corrected chi connectivity index (χ1v) is 9.07. The van der Waals surface area contributed by atoms with E-state index < -0.39 is 0 Å². The van der Waals surface area contributed by atoms with Gasteiger partial charge in [-0.05, 0) is 19.7 Å². The standard InChI is InChI=1S/C18H33BO6/c1-3-4-5-7-18(20)8-11-23-13-15-25-17-16-24-14-12-22-10-6-9-19(2)21/h21H,5-17H2,1-2H3. The van der Waals surface area contributed by atoms with E-state index in [9.17, 15) is 4.79 Å². The van der Waals surface area contributed by atoms with Crippen LogP contribution in [0.2, 0.25) is 13.1 Å². The highest BCUT2D eigenvalue weighted by Gasteiger charge is 2.01. The lowest BCUT2D eigenvalue weighted by molar-refractivity contribution is -0.120. The van der Waals surface area contributed by atoms with Gasteiger partial charge in [-0.25, -0.2) is 0 Å². The number of carbonyl (C=O) groups is 1. The molecule has 0 saturated carbocycles. The van der Waals surface area contributed by atoms with Crippen molar-refractivity contribution < 1.29 is 28.8 Å². The lowest BCUT2D eigenvalue weighted by atomic mass is 9.67. The van der Waals surface area contributed by atoms with Crippen molar-refractivity contribution in [1.29, 1.82) is 0 Å². The van der Waals surface area contributed by atoms with Gasteiger partial charge in [0.05, 0.1) is 46.2 Å². The van der Waals surface area contributed by atoms with Gasteiger partial charge in [-0.1, -0.05) is 6.82 Å². The maximum absolute atomic E-state index is 11.4. The third-order valence-electron chi connectivity index (χ3n) is 3.26. The molecule has 0 aromatic rings. The highest BCUT2D eigenvalue weighted by atomic mass is 16.6. The summed E-state index contributed by atoms with van der Waals surface area (Å²) < 4.78 is 21.5. The van der Waals surface area contributed by atoms with Gasteiger partial charge < -0.3 is 24.0 Å². The van der Waals surface area contributed by atoms with E-state index in [1.165, 1.54) is 0 Å². The summed E-state index contributed by atoms with van der Waals surface area (Å²) in [5, 5.41) is 9.09. The van der Waals surface area contributed by atoms with Gasteiger partial charge in [0.15, 0.2) is 0 Å². The smallest absolute Gasteiger partial charge is 0.285 e. The molecule has 0 spiro atoms. The van der Waals surface area contributed by atoms with Crippen molar-refractivity contribution in [3.8, 4) is 11.8 Å². The van der Waals surface area contributed by atoms with Crippen LogP contribution in [0.15, 0.2) is 0 Å². The average Bonchev–Trinajstić information content (AvgIpc) is 2.58. The molecule has 0 unspecified atom stereocenters. The third-order valence-corrected chi connectivity index (χ3v) is 3.26. The minimum absolute atomic E-state index is 0.185. The van der Waals surface area contributed by atoms with Crippen LogP contribution in [-0.2, 0) is 23.7 Å². The largest absolute Gasteiger partial charge is 0.451 e. The summed E-state index contributed by atoms with van der Waals surface area (Å²) in [5.74, 6) is 5.83. The van der Waals surface area contributed by atoms with Crippen LogP contribution >= 0.6 is 0 Å². The fourth-order valence-electron chi connectivity index (χ4n) is 1.88. The number of hydrogen-bond acceptors (Lipinski definition) is 6. The molecule has 0 fully saturated rings. The Balaban J connectivity index is 3.11. The molecule has 25 heavy (non-hydrogen) atoms. The predicted octanol–water partition coefficient (Wildman–Crippen LogP) is 1.82. The van der Waals surface area contributed by atoms with Crippen molar-refractivity contribution in [2.75, 3.05) is 52.9 Å². The maximum Gasteiger partial charge on any atom is 0.285 e. The second-order valence-electron chi connectivity index (χ2n) is 5.66. The molecule has 0 aromatic heterocycles. The first-order chi connectivity index (χ1) is 12.2. The zero-order valence-corrected chi connectivity index (χ0v) is 15.8. The average molecular weight is 356 g/mol. The van der Waals surface area contributed by atoms with Crippen LogP contribution in [0, 0.1) is 11.8 Å². The van der Waals surface area contributed by atoms with Crippen molar-refractivity contribution in [1.82, 2.24) is 0 Å². The Kier molecular flexibility index (Phi) is 18.7. The molecule has 0 aliphatic carbocycles. The summed E-state index contributed by atoms with van der Waals surface area (Å²) in [4.78, 5) is 11.4. The van der Waals surface area contributed by atoms with Crippen LogP contribution in [0.3, 0.4) is 0 Å². The van der Waals surface area contributed by atoms with Crippen molar-refractivity contribution in [3.63, 3.8) is 0 Å². The molecule has 0 aliphatic heterocycles. The van der Waals surface area contributed by atoms with Crippen molar-refractivity contribution >= 4 is 12.7 Å². The monoisotopic (exact) mass is 356 g/mol. The van der Waals surface area contributed by atoms with Gasteiger partial charge in [0.25, 0.3) is 6.92 Å². The van der Waals surface area contributed by atoms with Crippen LogP contribution in [0.4, 0.5) is 0 Å². The highest BCUT2D eigenvalue weighted by Crippen LogP contribution is 1.96. The molecule has 1 N–H and O–H groups in total. The summed E-state index contributed by atoms with van der Waals surface area (Å²) in [6.45, 7) is 7.48. The van der Waals surface area contributed by atoms with Gasteiger partial charge in [0.1, 0.15) is 5.78 Å². The number of ketones is 1. The lowest BCUT2D eigenvalue weighted by Gasteiger charge is -2.07. The first-order valence-electron chi connectivity index (χ1n) is 9.07. The first kappa shape index (κ1) is 24.1. The predicted molar refractivity (Wildman–Crippen MR) is 98.8 cm³/mol. The molecule has 0 aromatic carbocycles. The zero-order chi connectivity index (χ0) is 18.6. The second kappa shape index (κ2) is 19.4. The van der Waals surface area contributed by atoms with Gasteiger partial charge in [0, 0.05) is 25.9 Å². The SMILES string of the molecule is CC#CCCC(=O)CCOCCOCCOCCOCCCB(C)O. The van der Waals surface area contributed by atoms with E-state index in [-0.39, 0.29) is 12.7 Å². The molecular formula is C18H33BO6. The molecule has 0 radical (unpaired) electrons. The van der Waals surface area contributed by atoms with Crippen LogP contribution in [0.1, 0.15) is 32.6 Å². The molecule has 0 heterocycles. The molecule has 0 atom stereocenters. The number of Topliss-reactive ketones (excluding diaryl/α,β-unsaturated/α-hetero) is 1. The Labute approximate surface area is 152 Å². The Morgan fingerprint density at radius 3 is 1.92 bits per heavy atom. The number of rotatable bonds is 18. The molecule has 0 saturated heterocycles. The molecular weight excluding hydrogens is 323 g/mol. The molecule has 144 valence electrons. The molecule has 0 bridgehead atoms. The fourth-order valence-corrected chi connectivity index (χ4v) is 1.88. The van der Waals surface area contributed by atoms with Gasteiger partial charge in [0.2, 0.25) is 0 Å². The molecule has 6 nitrogen and oxygen atoms in total. The van der Waals surface area contributed by atoms with Gasteiger partial charge >= 0.3 is 0 Å². The highest BCUT2D eigenvalue weighted by molar-refractivity contribution is 6.48. The van der Waals surface area contributed by atoms with E-state index in [2.05, 4.69) is 11.8 Å². The lowest BCUT2D eigenvalue weighted by Crippen LogP contribution is -2.13. The minimum atomic E-state index is -0.262. The summed E-state index contributed by atoms with van der Waals surface area (Å²) in [6, 6.07) is 0. The molecule has 7 heteroatoms. The van der Waals surface area contributed by atoms with E-state index in [0.29, 0.717) is 72.1 Å². The Morgan fingerprint density at radius 2 is 1.40 bits per heavy atom. The quantitative estimate of drug-likeness (QED) is 0.229. The van der Waals surface area contributed by atoms with Gasteiger partial charge in [-0.3, -0.25) is 4.79 Å². The van der Waals surface area contributed by atoms with Crippen molar-refractivity contribution in [3.05, 3.63) is 0 Å². The molecule has 0 rings (SSSR count). The van der Waals surface area contributed by atoms with E-state index in [0.717, 1.165) is 12.7 Å². The number of ether oxygens (including phenoxy) is 4. The Morgan fingerprint density at radius 1 is 0.880 bits per heavy atom. The third kappa shape index (κ3) is 21.1. The van der Waals surface area contributed by atoms with Crippen LogP contribution in [0.5, 0.6) is 0 Å². The van der Waals surface area contributed by atoms with Crippen molar-refractivity contribution in [2.45, 2.75) is 45.8 Å². The topological polar surface area (TPSA) is 74.2 Å². The normalized spacial score (nSPS) is 10.4. The van der Waals surface area contributed by atoms with Crippen LogP contribution in [-0.4, -0.2) is 70.6 Å². The molecule has 0 aliphatic rings. The fraction of sp³-hybridized carbons (Fsp3) is 0.833. The molecule has 0 amide bonds. The Hall–Kier alpha value is -0.905. The summed E-state index contributed by atoms with van der Waals surface area (Å²) in [5.41, 5.74) is 0.